The summed E-state index contributed by atoms with van der Waals surface area (Å²) in [4.78, 5) is 20.8. The topological polar surface area (TPSA) is 42.9 Å². The van der Waals surface area contributed by atoms with Gasteiger partial charge in [-0.15, -0.1) is 0 Å². The number of benzene rings is 2. The lowest BCUT2D eigenvalue weighted by molar-refractivity contribution is 0.0988. The zero-order chi connectivity index (χ0) is 14.8. The Labute approximate surface area is 129 Å². The standard InChI is InChI=1S/C16H10BrFN2O/c17-12-8-11(18)6-5-10(12)7-16(21)15-9-19-13-3-1-2-4-14(13)20-15/h1-6,8-9H,7H2. The fraction of sp³-hybridized carbons (Fsp3) is 0.0625. The van der Waals surface area contributed by atoms with Gasteiger partial charge in [0.1, 0.15) is 11.5 Å². The number of carbonyl (C=O) groups excluding carboxylic acids is 1. The third-order valence-corrected chi connectivity index (χ3v) is 3.84. The van der Waals surface area contributed by atoms with Crippen molar-refractivity contribution in [2.24, 2.45) is 0 Å². The summed E-state index contributed by atoms with van der Waals surface area (Å²) in [6, 6.07) is 11.6. The predicted octanol–water partition coefficient (Wildman–Crippen LogP) is 3.96. The molecule has 5 heteroatoms. The molecular formula is C16H10BrFN2O. The molecule has 0 aliphatic heterocycles. The van der Waals surface area contributed by atoms with Gasteiger partial charge in [0.25, 0.3) is 0 Å². The Kier molecular flexibility index (Phi) is 3.75. The number of ketones is 1. The van der Waals surface area contributed by atoms with Gasteiger partial charge in [0.05, 0.1) is 17.2 Å². The first-order chi connectivity index (χ1) is 10.1. The van der Waals surface area contributed by atoms with E-state index in [-0.39, 0.29) is 18.0 Å². The van der Waals surface area contributed by atoms with Crippen LogP contribution in [0.5, 0.6) is 0 Å². The number of para-hydroxylation sites is 2. The molecule has 0 aliphatic rings. The molecule has 0 saturated heterocycles. The van der Waals surface area contributed by atoms with Crippen LogP contribution in [0.4, 0.5) is 4.39 Å². The van der Waals surface area contributed by atoms with Crippen LogP contribution in [-0.2, 0) is 6.42 Å². The Morgan fingerprint density at radius 2 is 1.90 bits per heavy atom. The van der Waals surface area contributed by atoms with Gasteiger partial charge in [0.2, 0.25) is 0 Å². The van der Waals surface area contributed by atoms with E-state index in [2.05, 4.69) is 25.9 Å². The summed E-state index contributed by atoms with van der Waals surface area (Å²) >= 11 is 3.26. The van der Waals surface area contributed by atoms with E-state index in [9.17, 15) is 9.18 Å². The second-order valence-corrected chi connectivity index (χ2v) is 5.43. The Balaban J connectivity index is 1.89. The quantitative estimate of drug-likeness (QED) is 0.675. The highest BCUT2D eigenvalue weighted by Crippen LogP contribution is 2.20. The molecule has 0 spiro atoms. The van der Waals surface area contributed by atoms with E-state index in [4.69, 9.17) is 0 Å². The van der Waals surface area contributed by atoms with Gasteiger partial charge in [-0.3, -0.25) is 9.78 Å². The second kappa shape index (κ2) is 5.69. The van der Waals surface area contributed by atoms with E-state index >= 15 is 0 Å². The van der Waals surface area contributed by atoms with Crippen molar-refractivity contribution in [3.8, 4) is 0 Å². The first-order valence-electron chi connectivity index (χ1n) is 6.32. The Bertz CT molecular complexity index is 835. The molecule has 1 aromatic heterocycles. The summed E-state index contributed by atoms with van der Waals surface area (Å²) in [6.07, 6.45) is 1.62. The molecule has 104 valence electrons. The molecule has 0 radical (unpaired) electrons. The Morgan fingerprint density at radius 3 is 2.67 bits per heavy atom. The minimum absolute atomic E-state index is 0.147. The summed E-state index contributed by atoms with van der Waals surface area (Å²) in [5, 5.41) is 0. The van der Waals surface area contributed by atoms with E-state index in [1.807, 2.05) is 24.3 Å². The van der Waals surface area contributed by atoms with Gasteiger partial charge in [-0.2, -0.15) is 0 Å². The third kappa shape index (κ3) is 2.97. The Hall–Kier alpha value is -2.14. The average Bonchev–Trinajstić information content (AvgIpc) is 2.49. The van der Waals surface area contributed by atoms with E-state index in [0.29, 0.717) is 15.7 Å². The number of aromatic nitrogens is 2. The number of rotatable bonds is 3. The molecular weight excluding hydrogens is 335 g/mol. The van der Waals surface area contributed by atoms with Crippen LogP contribution in [0.2, 0.25) is 0 Å². The van der Waals surface area contributed by atoms with Crippen LogP contribution in [0.1, 0.15) is 16.1 Å². The lowest BCUT2D eigenvalue weighted by Crippen LogP contribution is -2.07. The zero-order valence-electron chi connectivity index (χ0n) is 10.9. The lowest BCUT2D eigenvalue weighted by atomic mass is 10.1. The van der Waals surface area contributed by atoms with Crippen molar-refractivity contribution in [2.75, 3.05) is 0 Å². The van der Waals surface area contributed by atoms with Crippen molar-refractivity contribution in [2.45, 2.75) is 6.42 Å². The molecule has 21 heavy (non-hydrogen) atoms. The highest BCUT2D eigenvalue weighted by atomic mass is 79.9. The third-order valence-electron chi connectivity index (χ3n) is 3.10. The van der Waals surface area contributed by atoms with Gasteiger partial charge in [-0.05, 0) is 29.8 Å². The zero-order valence-corrected chi connectivity index (χ0v) is 12.5. The molecule has 0 fully saturated rings. The van der Waals surface area contributed by atoms with Crippen molar-refractivity contribution in [1.82, 2.24) is 9.97 Å². The Morgan fingerprint density at radius 1 is 1.14 bits per heavy atom. The number of halogens is 2. The maximum absolute atomic E-state index is 13.0. The molecule has 0 bridgehead atoms. The first-order valence-corrected chi connectivity index (χ1v) is 7.12. The van der Waals surface area contributed by atoms with Crippen molar-refractivity contribution < 1.29 is 9.18 Å². The van der Waals surface area contributed by atoms with Crippen LogP contribution < -0.4 is 0 Å². The van der Waals surface area contributed by atoms with Crippen molar-refractivity contribution in [3.05, 3.63) is 70.2 Å². The van der Waals surface area contributed by atoms with Crippen LogP contribution in [0, 0.1) is 5.82 Å². The number of fused-ring (bicyclic) bond motifs is 1. The number of hydrogen-bond acceptors (Lipinski definition) is 3. The van der Waals surface area contributed by atoms with E-state index in [1.165, 1.54) is 18.3 Å². The van der Waals surface area contributed by atoms with Gasteiger partial charge < -0.3 is 0 Å². The minimum atomic E-state index is -0.344. The molecule has 3 nitrogen and oxygen atoms in total. The minimum Gasteiger partial charge on any atom is -0.292 e. The van der Waals surface area contributed by atoms with Gasteiger partial charge in [0.15, 0.2) is 5.78 Å². The molecule has 0 unspecified atom stereocenters. The van der Waals surface area contributed by atoms with E-state index in [1.54, 1.807) is 6.07 Å². The number of Topliss-reactive ketones (excluding diaryl/α,β-unsaturated/α-hetero) is 1. The molecule has 0 amide bonds. The van der Waals surface area contributed by atoms with Crippen LogP contribution in [0.3, 0.4) is 0 Å². The van der Waals surface area contributed by atoms with Gasteiger partial charge in [-0.1, -0.05) is 34.1 Å². The average molecular weight is 345 g/mol. The molecule has 0 N–H and O–H groups in total. The van der Waals surface area contributed by atoms with Gasteiger partial charge in [-0.25, -0.2) is 9.37 Å². The monoisotopic (exact) mass is 344 g/mol. The van der Waals surface area contributed by atoms with Crippen molar-refractivity contribution in [3.63, 3.8) is 0 Å². The molecule has 0 atom stereocenters. The van der Waals surface area contributed by atoms with Crippen LogP contribution in [0.25, 0.3) is 11.0 Å². The lowest BCUT2D eigenvalue weighted by Gasteiger charge is -2.04. The SMILES string of the molecule is O=C(Cc1ccc(F)cc1Br)c1cnc2ccccc2n1. The first kappa shape index (κ1) is 13.8. The summed E-state index contributed by atoms with van der Waals surface area (Å²) in [6.45, 7) is 0. The van der Waals surface area contributed by atoms with Crippen LogP contribution >= 0.6 is 15.9 Å². The summed E-state index contributed by atoms with van der Waals surface area (Å²) in [7, 11) is 0. The largest absolute Gasteiger partial charge is 0.292 e. The fourth-order valence-corrected chi connectivity index (χ4v) is 2.51. The molecule has 3 aromatic rings. The summed E-state index contributed by atoms with van der Waals surface area (Å²) in [5.41, 5.74) is 2.46. The molecule has 0 aliphatic carbocycles. The summed E-state index contributed by atoms with van der Waals surface area (Å²) in [5.74, 6) is -0.496. The number of hydrogen-bond donors (Lipinski definition) is 0. The van der Waals surface area contributed by atoms with Gasteiger partial charge >= 0.3 is 0 Å². The molecule has 0 saturated carbocycles. The van der Waals surface area contributed by atoms with Crippen LogP contribution in [-0.4, -0.2) is 15.8 Å². The van der Waals surface area contributed by atoms with Crippen molar-refractivity contribution in [1.29, 1.82) is 0 Å². The number of nitrogens with zero attached hydrogens (tertiary/aromatic N) is 2. The normalized spacial score (nSPS) is 10.8. The maximum atomic E-state index is 13.0. The smallest absolute Gasteiger partial charge is 0.187 e. The van der Waals surface area contributed by atoms with E-state index < -0.39 is 0 Å². The molecule has 3 rings (SSSR count). The highest BCUT2D eigenvalue weighted by molar-refractivity contribution is 9.10. The maximum Gasteiger partial charge on any atom is 0.187 e. The molecule has 1 heterocycles. The fourth-order valence-electron chi connectivity index (χ4n) is 2.02. The summed E-state index contributed by atoms with van der Waals surface area (Å²) < 4.78 is 13.6. The number of carbonyl (C=O) groups is 1. The second-order valence-electron chi connectivity index (χ2n) is 4.58. The van der Waals surface area contributed by atoms with E-state index in [0.717, 1.165) is 11.1 Å². The molecule has 2 aromatic carbocycles. The van der Waals surface area contributed by atoms with Gasteiger partial charge in [0, 0.05) is 10.9 Å². The van der Waals surface area contributed by atoms with Crippen LogP contribution in [0.15, 0.2) is 53.1 Å². The predicted molar refractivity (Wildman–Crippen MR) is 81.7 cm³/mol. The highest BCUT2D eigenvalue weighted by Gasteiger charge is 2.12. The van der Waals surface area contributed by atoms with Crippen molar-refractivity contribution >= 4 is 32.7 Å².